The number of anilines is 3. The molecule has 0 radical (unpaired) electrons. The molecule has 0 fully saturated rings. The molecule has 0 aliphatic carbocycles. The van der Waals surface area contributed by atoms with Crippen LogP contribution in [0.25, 0.3) is 0 Å². The second-order valence-corrected chi connectivity index (χ2v) is 7.24. The summed E-state index contributed by atoms with van der Waals surface area (Å²) in [6.07, 6.45) is 0. The van der Waals surface area contributed by atoms with Crippen molar-refractivity contribution in [2.75, 3.05) is 21.1 Å². The summed E-state index contributed by atoms with van der Waals surface area (Å²) in [5.41, 5.74) is 2.08. The first-order chi connectivity index (χ1) is 10.9. The van der Waals surface area contributed by atoms with Gasteiger partial charge in [0.05, 0.1) is 11.4 Å². The highest BCUT2D eigenvalue weighted by Crippen LogP contribution is 2.47. The summed E-state index contributed by atoms with van der Waals surface area (Å²) in [6.45, 7) is 0. The number of carbonyl (C=O) groups excluding carboxylic acids is 1. The van der Waals surface area contributed by atoms with E-state index in [1.807, 2.05) is 30.3 Å². The Bertz CT molecular complexity index is 766. The topological polar surface area (TPSA) is 93.6 Å². The van der Waals surface area contributed by atoms with Gasteiger partial charge in [0, 0.05) is 11.3 Å². The van der Waals surface area contributed by atoms with Gasteiger partial charge in [-0.3, -0.25) is 18.6 Å². The van der Waals surface area contributed by atoms with Gasteiger partial charge in [0.2, 0.25) is 0 Å². The van der Waals surface area contributed by atoms with E-state index < -0.39 is 10.8 Å². The minimum atomic E-state index is -3.17. The van der Waals surface area contributed by atoms with E-state index in [1.54, 1.807) is 18.2 Å². The number of hydrogen-bond donors (Lipinski definition) is 5. The van der Waals surface area contributed by atoms with Crippen LogP contribution in [0.15, 0.2) is 48.5 Å². The molecule has 0 spiro atoms. The fourth-order valence-corrected chi connectivity index (χ4v) is 3.63. The number of benzene rings is 2. The van der Waals surface area contributed by atoms with Gasteiger partial charge < -0.3 is 10.6 Å². The maximum absolute atomic E-state index is 12.0. The summed E-state index contributed by atoms with van der Waals surface area (Å²) in [5, 5.41) is 6.33. The molecule has 0 unspecified atom stereocenters. The third kappa shape index (κ3) is 3.62. The highest BCUT2D eigenvalue weighted by Gasteiger charge is 2.29. The quantitative estimate of drug-likeness (QED) is 0.527. The van der Waals surface area contributed by atoms with Crippen LogP contribution < -0.4 is 15.4 Å². The first kappa shape index (κ1) is 15.8. The van der Waals surface area contributed by atoms with Crippen molar-refractivity contribution in [3.8, 4) is 0 Å². The minimum Gasteiger partial charge on any atom is -0.332 e. The van der Waals surface area contributed by atoms with E-state index in [4.69, 9.17) is 12.2 Å². The molecule has 1 heterocycles. The molecule has 0 bridgehead atoms. The molecule has 1 aliphatic heterocycles. The summed E-state index contributed by atoms with van der Waals surface area (Å²) in [5.74, 6) is -0.639. The molecule has 5 N–H and O–H groups in total. The highest BCUT2D eigenvalue weighted by atomic mass is 32.3. The standard InChI is InChI=1S/C15H15N3O3S2/c19-13-9-23(20,21)18-14-11(13)7-4-8-12(14)17-15(22)16-10-5-2-1-3-6-10/h1-8,18,20-21H,9H2,(H2,16,17,22). The van der Waals surface area contributed by atoms with Gasteiger partial charge in [0.15, 0.2) is 10.9 Å². The average molecular weight is 349 g/mol. The summed E-state index contributed by atoms with van der Waals surface area (Å²) in [4.78, 5) is 12.0. The van der Waals surface area contributed by atoms with E-state index in [9.17, 15) is 13.9 Å². The van der Waals surface area contributed by atoms with Crippen molar-refractivity contribution < 1.29 is 13.9 Å². The summed E-state index contributed by atoms with van der Waals surface area (Å²) >= 11 is 5.26. The molecule has 3 rings (SSSR count). The van der Waals surface area contributed by atoms with Crippen molar-refractivity contribution in [2.24, 2.45) is 0 Å². The number of ketones is 1. The summed E-state index contributed by atoms with van der Waals surface area (Å²) in [6, 6.07) is 14.4. The predicted molar refractivity (Wildman–Crippen MR) is 98.4 cm³/mol. The normalized spacial score (nSPS) is 16.7. The maximum atomic E-state index is 12.0. The Balaban J connectivity index is 1.83. The third-order valence-electron chi connectivity index (χ3n) is 3.24. The van der Waals surface area contributed by atoms with E-state index >= 15 is 0 Å². The lowest BCUT2D eigenvalue weighted by Crippen LogP contribution is -2.28. The number of hydrogen-bond acceptors (Lipinski definition) is 5. The number of carbonyl (C=O) groups is 1. The van der Waals surface area contributed by atoms with Gasteiger partial charge in [-0.05, 0) is 36.5 Å². The fourth-order valence-electron chi connectivity index (χ4n) is 2.27. The van der Waals surface area contributed by atoms with E-state index in [1.165, 1.54) is 0 Å². The molecule has 1 aliphatic rings. The third-order valence-corrected chi connectivity index (χ3v) is 4.64. The van der Waals surface area contributed by atoms with Crippen LogP contribution in [-0.2, 0) is 0 Å². The average Bonchev–Trinajstić information content (AvgIpc) is 2.48. The Labute approximate surface area is 140 Å². The van der Waals surface area contributed by atoms with Gasteiger partial charge in [0.1, 0.15) is 5.75 Å². The summed E-state index contributed by atoms with van der Waals surface area (Å²) < 4.78 is 22.3. The molecule has 0 amide bonds. The van der Waals surface area contributed by atoms with Crippen molar-refractivity contribution in [3.63, 3.8) is 0 Å². The predicted octanol–water partition coefficient (Wildman–Crippen LogP) is 3.77. The van der Waals surface area contributed by atoms with Crippen molar-refractivity contribution in [1.29, 1.82) is 0 Å². The highest BCUT2D eigenvalue weighted by molar-refractivity contribution is 8.26. The first-order valence-electron chi connectivity index (χ1n) is 6.77. The van der Waals surface area contributed by atoms with Crippen LogP contribution in [0.3, 0.4) is 0 Å². The molecule has 0 saturated carbocycles. The monoisotopic (exact) mass is 349 g/mol. The molecule has 0 saturated heterocycles. The molecule has 8 heteroatoms. The number of thiocarbonyl (C=S) groups is 1. The van der Waals surface area contributed by atoms with E-state index in [2.05, 4.69) is 15.4 Å². The van der Waals surface area contributed by atoms with Crippen LogP contribution in [0, 0.1) is 0 Å². The fraction of sp³-hybridized carbons (Fsp3) is 0.0667. The molecule has 2 aromatic carbocycles. The molecule has 6 nitrogen and oxygen atoms in total. The number of nitrogens with one attached hydrogen (secondary N) is 3. The Morgan fingerprint density at radius 3 is 2.57 bits per heavy atom. The van der Waals surface area contributed by atoms with Gasteiger partial charge in [-0.25, -0.2) is 0 Å². The molecule has 2 aromatic rings. The lowest BCUT2D eigenvalue weighted by molar-refractivity contribution is 0.101. The van der Waals surface area contributed by atoms with Crippen LogP contribution in [-0.4, -0.2) is 25.8 Å². The number of Topliss-reactive ketones (excluding diaryl/α,β-unsaturated/α-hetero) is 1. The van der Waals surface area contributed by atoms with Crippen LogP contribution in [0.2, 0.25) is 0 Å². The largest absolute Gasteiger partial charge is 0.332 e. The lowest BCUT2D eigenvalue weighted by Gasteiger charge is -2.38. The maximum Gasteiger partial charge on any atom is 0.186 e. The van der Waals surface area contributed by atoms with Crippen molar-refractivity contribution in [3.05, 3.63) is 54.1 Å². The smallest absolute Gasteiger partial charge is 0.186 e. The molecule has 120 valence electrons. The second kappa shape index (κ2) is 6.17. The number of rotatable bonds is 2. The Morgan fingerprint density at radius 1 is 1.09 bits per heavy atom. The number of para-hydroxylation sites is 2. The van der Waals surface area contributed by atoms with Gasteiger partial charge >= 0.3 is 0 Å². The zero-order valence-electron chi connectivity index (χ0n) is 11.9. The van der Waals surface area contributed by atoms with Crippen LogP contribution in [0.4, 0.5) is 17.1 Å². The van der Waals surface area contributed by atoms with E-state index in [0.717, 1.165) is 5.69 Å². The number of fused-ring (bicyclic) bond motifs is 1. The zero-order chi connectivity index (χ0) is 16.4. The Kier molecular flexibility index (Phi) is 4.22. The van der Waals surface area contributed by atoms with Crippen LogP contribution in [0.1, 0.15) is 10.4 Å². The van der Waals surface area contributed by atoms with Crippen molar-refractivity contribution in [2.45, 2.75) is 0 Å². The van der Waals surface area contributed by atoms with E-state index in [0.29, 0.717) is 22.1 Å². The molecular weight excluding hydrogens is 334 g/mol. The van der Waals surface area contributed by atoms with Gasteiger partial charge in [0.25, 0.3) is 0 Å². The van der Waals surface area contributed by atoms with Crippen LogP contribution in [0.5, 0.6) is 0 Å². The zero-order valence-corrected chi connectivity index (χ0v) is 13.6. The molecular formula is C15H15N3O3S2. The van der Waals surface area contributed by atoms with Gasteiger partial charge in [-0.15, -0.1) is 10.8 Å². The molecule has 23 heavy (non-hydrogen) atoms. The van der Waals surface area contributed by atoms with Gasteiger partial charge in [-0.1, -0.05) is 24.3 Å². The Morgan fingerprint density at radius 2 is 1.83 bits per heavy atom. The van der Waals surface area contributed by atoms with E-state index in [-0.39, 0.29) is 11.5 Å². The first-order valence-corrected chi connectivity index (χ1v) is 8.90. The second-order valence-electron chi connectivity index (χ2n) is 5.01. The van der Waals surface area contributed by atoms with Gasteiger partial charge in [-0.2, -0.15) is 0 Å². The minimum absolute atomic E-state index is 0.315. The Hall–Kier alpha value is -2.13. The lowest BCUT2D eigenvalue weighted by atomic mass is 10.1. The summed E-state index contributed by atoms with van der Waals surface area (Å²) in [7, 11) is -3.17. The van der Waals surface area contributed by atoms with Crippen molar-refractivity contribution >= 4 is 51.0 Å². The SMILES string of the molecule is O=C1CS(O)(O)Nc2c(NC(=S)Nc3ccccc3)cccc21. The molecule has 0 atom stereocenters. The molecule has 0 aromatic heterocycles. The van der Waals surface area contributed by atoms with Crippen LogP contribution >= 0.6 is 23.0 Å². The van der Waals surface area contributed by atoms with Crippen molar-refractivity contribution in [1.82, 2.24) is 0 Å².